The summed E-state index contributed by atoms with van der Waals surface area (Å²) in [4.78, 5) is 12.6. The van der Waals surface area contributed by atoms with E-state index in [2.05, 4.69) is 24.5 Å². The largest absolute Gasteiger partial charge is 0.374 e. The first-order chi connectivity index (χ1) is 9.56. The molecule has 3 rings (SSSR count). The van der Waals surface area contributed by atoms with Gasteiger partial charge in [0.1, 0.15) is 0 Å². The number of nitrogens with one attached hydrogen (secondary N) is 2. The molecular formula is C16H28N2O2. The Balaban J connectivity index is 1.56. The molecule has 114 valence electrons. The first-order valence-corrected chi connectivity index (χ1v) is 8.22. The van der Waals surface area contributed by atoms with Gasteiger partial charge < -0.3 is 15.4 Å². The standard InChI is InChI=1S/C16H28N2O2/c1-9-10(2)20-11(3)15(9)16(19)18-14-5-4-12-7-17-8-13(12)6-14/h9-15,17H,4-8H2,1-3H3,(H,18,19)/t9?,10?,11?,12-,13+,14?,15?/m0/s1. The molecule has 2 saturated heterocycles. The summed E-state index contributed by atoms with van der Waals surface area (Å²) in [6, 6.07) is 0.374. The van der Waals surface area contributed by atoms with Crippen molar-refractivity contribution in [3.8, 4) is 0 Å². The van der Waals surface area contributed by atoms with Crippen molar-refractivity contribution in [2.24, 2.45) is 23.7 Å². The second kappa shape index (κ2) is 5.64. The molecule has 1 aliphatic carbocycles. The van der Waals surface area contributed by atoms with Crippen LogP contribution in [0.3, 0.4) is 0 Å². The zero-order valence-corrected chi connectivity index (χ0v) is 12.9. The molecule has 0 bridgehead atoms. The van der Waals surface area contributed by atoms with Crippen LogP contribution in [0.2, 0.25) is 0 Å². The number of fused-ring (bicyclic) bond motifs is 1. The van der Waals surface area contributed by atoms with Gasteiger partial charge in [0, 0.05) is 6.04 Å². The maximum absolute atomic E-state index is 12.6. The molecular weight excluding hydrogens is 252 g/mol. The van der Waals surface area contributed by atoms with Gasteiger partial charge in [-0.25, -0.2) is 0 Å². The summed E-state index contributed by atoms with van der Waals surface area (Å²) in [5.41, 5.74) is 0. The number of rotatable bonds is 2. The third-order valence-corrected chi connectivity index (χ3v) is 5.84. The number of carbonyl (C=O) groups is 1. The predicted octanol–water partition coefficient (Wildman–Crippen LogP) is 1.55. The highest BCUT2D eigenvalue weighted by Gasteiger charge is 2.42. The smallest absolute Gasteiger partial charge is 0.226 e. The number of carbonyl (C=O) groups excluding carboxylic acids is 1. The molecule has 7 atom stereocenters. The molecule has 20 heavy (non-hydrogen) atoms. The van der Waals surface area contributed by atoms with Crippen molar-refractivity contribution in [1.29, 1.82) is 0 Å². The maximum Gasteiger partial charge on any atom is 0.226 e. The summed E-state index contributed by atoms with van der Waals surface area (Å²) in [6.07, 6.45) is 3.78. The highest BCUT2D eigenvalue weighted by molar-refractivity contribution is 5.80. The molecule has 0 spiro atoms. The minimum Gasteiger partial charge on any atom is -0.374 e. The molecule has 0 radical (unpaired) electrons. The fraction of sp³-hybridized carbons (Fsp3) is 0.938. The lowest BCUT2D eigenvalue weighted by Gasteiger charge is -2.32. The Morgan fingerprint density at radius 3 is 2.55 bits per heavy atom. The van der Waals surface area contributed by atoms with Crippen LogP contribution in [0.25, 0.3) is 0 Å². The van der Waals surface area contributed by atoms with Crippen LogP contribution in [-0.2, 0) is 9.53 Å². The second-order valence-electron chi connectivity index (χ2n) is 7.13. The van der Waals surface area contributed by atoms with Crippen molar-refractivity contribution in [2.45, 2.75) is 58.3 Å². The third kappa shape index (κ3) is 2.60. The van der Waals surface area contributed by atoms with E-state index < -0.39 is 0 Å². The highest BCUT2D eigenvalue weighted by Crippen LogP contribution is 2.35. The zero-order valence-electron chi connectivity index (χ0n) is 12.9. The highest BCUT2D eigenvalue weighted by atomic mass is 16.5. The Labute approximate surface area is 122 Å². The molecule has 3 fully saturated rings. The molecule has 4 nitrogen and oxygen atoms in total. The summed E-state index contributed by atoms with van der Waals surface area (Å²) < 4.78 is 5.79. The second-order valence-corrected chi connectivity index (χ2v) is 7.13. The molecule has 1 saturated carbocycles. The van der Waals surface area contributed by atoms with E-state index in [0.717, 1.165) is 31.2 Å². The van der Waals surface area contributed by atoms with Crippen molar-refractivity contribution in [1.82, 2.24) is 10.6 Å². The predicted molar refractivity (Wildman–Crippen MR) is 78.3 cm³/mol. The van der Waals surface area contributed by atoms with Crippen LogP contribution in [-0.4, -0.2) is 37.2 Å². The SMILES string of the molecule is CC1OC(C)C(C(=O)NC2CC[C@H]3CNC[C@H]3C2)C1C. The van der Waals surface area contributed by atoms with Gasteiger partial charge >= 0.3 is 0 Å². The Kier molecular flexibility index (Phi) is 4.04. The van der Waals surface area contributed by atoms with E-state index in [1.807, 2.05) is 6.92 Å². The average Bonchev–Trinajstić information content (AvgIpc) is 2.94. The van der Waals surface area contributed by atoms with Gasteiger partial charge in [0.05, 0.1) is 18.1 Å². The normalized spacial score (nSPS) is 48.0. The van der Waals surface area contributed by atoms with Gasteiger partial charge in [-0.2, -0.15) is 0 Å². The first-order valence-electron chi connectivity index (χ1n) is 8.22. The van der Waals surface area contributed by atoms with E-state index in [1.54, 1.807) is 0 Å². The fourth-order valence-corrected chi connectivity index (χ4v) is 4.45. The van der Waals surface area contributed by atoms with E-state index in [1.165, 1.54) is 13.0 Å². The van der Waals surface area contributed by atoms with E-state index in [-0.39, 0.29) is 24.0 Å². The van der Waals surface area contributed by atoms with Crippen LogP contribution < -0.4 is 10.6 Å². The van der Waals surface area contributed by atoms with Crippen molar-refractivity contribution in [3.05, 3.63) is 0 Å². The van der Waals surface area contributed by atoms with E-state index >= 15 is 0 Å². The molecule has 0 aromatic rings. The number of amides is 1. The van der Waals surface area contributed by atoms with E-state index in [9.17, 15) is 4.79 Å². The van der Waals surface area contributed by atoms with Gasteiger partial charge in [0.2, 0.25) is 5.91 Å². The lowest BCUT2D eigenvalue weighted by molar-refractivity contribution is -0.128. The number of hydrogen-bond acceptors (Lipinski definition) is 3. The van der Waals surface area contributed by atoms with Crippen LogP contribution in [0.4, 0.5) is 0 Å². The number of ether oxygens (including phenoxy) is 1. The summed E-state index contributed by atoms with van der Waals surface area (Å²) in [6.45, 7) is 8.54. The van der Waals surface area contributed by atoms with Gasteiger partial charge in [0.25, 0.3) is 0 Å². The van der Waals surface area contributed by atoms with Crippen molar-refractivity contribution < 1.29 is 9.53 Å². The summed E-state index contributed by atoms with van der Waals surface area (Å²) in [5, 5.41) is 6.79. The van der Waals surface area contributed by atoms with Crippen LogP contribution in [0, 0.1) is 23.7 Å². The molecule has 2 aliphatic heterocycles. The van der Waals surface area contributed by atoms with Crippen LogP contribution in [0.15, 0.2) is 0 Å². The minimum atomic E-state index is 0.0180. The van der Waals surface area contributed by atoms with Crippen molar-refractivity contribution >= 4 is 5.91 Å². The quantitative estimate of drug-likeness (QED) is 0.807. The van der Waals surface area contributed by atoms with Crippen molar-refractivity contribution in [2.75, 3.05) is 13.1 Å². The molecule has 1 amide bonds. The third-order valence-electron chi connectivity index (χ3n) is 5.84. The monoisotopic (exact) mass is 280 g/mol. The Morgan fingerprint density at radius 1 is 1.10 bits per heavy atom. The molecule has 3 aliphatic rings. The molecule has 0 aromatic heterocycles. The Hall–Kier alpha value is -0.610. The van der Waals surface area contributed by atoms with Gasteiger partial charge in [-0.3, -0.25) is 4.79 Å². The zero-order chi connectivity index (χ0) is 14.3. The topological polar surface area (TPSA) is 50.4 Å². The van der Waals surface area contributed by atoms with Crippen LogP contribution >= 0.6 is 0 Å². The Morgan fingerprint density at radius 2 is 1.85 bits per heavy atom. The van der Waals surface area contributed by atoms with Gasteiger partial charge in [-0.1, -0.05) is 6.92 Å². The lowest BCUT2D eigenvalue weighted by Crippen LogP contribution is -2.45. The van der Waals surface area contributed by atoms with Crippen molar-refractivity contribution in [3.63, 3.8) is 0 Å². The van der Waals surface area contributed by atoms with Gasteiger partial charge in [-0.05, 0) is 64.0 Å². The van der Waals surface area contributed by atoms with E-state index in [4.69, 9.17) is 4.74 Å². The van der Waals surface area contributed by atoms with Gasteiger partial charge in [-0.15, -0.1) is 0 Å². The minimum absolute atomic E-state index is 0.0180. The van der Waals surface area contributed by atoms with E-state index in [0.29, 0.717) is 12.0 Å². The molecule has 2 heterocycles. The summed E-state index contributed by atoms with van der Waals surface area (Å²) in [7, 11) is 0. The number of hydrogen-bond donors (Lipinski definition) is 2. The summed E-state index contributed by atoms with van der Waals surface area (Å²) >= 11 is 0. The molecule has 5 unspecified atom stereocenters. The molecule has 0 aromatic carbocycles. The molecule has 2 N–H and O–H groups in total. The van der Waals surface area contributed by atoms with Crippen LogP contribution in [0.5, 0.6) is 0 Å². The first kappa shape index (κ1) is 14.3. The Bertz CT molecular complexity index is 373. The lowest BCUT2D eigenvalue weighted by atomic mass is 9.78. The maximum atomic E-state index is 12.6. The molecule has 4 heteroatoms. The average molecular weight is 280 g/mol. The van der Waals surface area contributed by atoms with Crippen LogP contribution in [0.1, 0.15) is 40.0 Å². The summed E-state index contributed by atoms with van der Waals surface area (Å²) in [5.74, 6) is 2.15. The fourth-order valence-electron chi connectivity index (χ4n) is 4.45. The van der Waals surface area contributed by atoms with Gasteiger partial charge in [0.15, 0.2) is 0 Å².